The number of carbonyl (C=O) groups is 1. The lowest BCUT2D eigenvalue weighted by Gasteiger charge is -2.04. The van der Waals surface area contributed by atoms with Crippen molar-refractivity contribution in [3.63, 3.8) is 0 Å². The van der Waals surface area contributed by atoms with Crippen LogP contribution in [0.15, 0.2) is 12.1 Å². The van der Waals surface area contributed by atoms with Gasteiger partial charge in [-0.25, -0.2) is 19.4 Å². The summed E-state index contributed by atoms with van der Waals surface area (Å²) < 4.78 is 1.43. The quantitative estimate of drug-likeness (QED) is 0.843. The largest absolute Gasteiger partial charge is 0.476 e. The first-order chi connectivity index (χ1) is 7.97. The molecule has 0 radical (unpaired) electrons. The number of hydrogen-bond donors (Lipinski definition) is 1. The van der Waals surface area contributed by atoms with Crippen LogP contribution in [0.2, 0.25) is 0 Å². The van der Waals surface area contributed by atoms with E-state index in [0.29, 0.717) is 11.6 Å². The maximum absolute atomic E-state index is 10.8. The summed E-state index contributed by atoms with van der Waals surface area (Å²) in [6.07, 6.45) is 0. The molecule has 0 aliphatic rings. The van der Waals surface area contributed by atoms with Crippen LogP contribution in [0, 0.1) is 20.8 Å². The number of aryl methyl sites for hydroxylation is 3. The number of hydrogen-bond acceptors (Lipinski definition) is 4. The Bertz CT molecular complexity index is 569. The molecule has 0 spiro atoms. The molecular formula is C11H12N4O2. The van der Waals surface area contributed by atoms with Crippen LogP contribution in [-0.4, -0.2) is 30.8 Å². The van der Waals surface area contributed by atoms with Crippen molar-refractivity contribution in [3.8, 4) is 5.95 Å². The molecule has 0 bridgehead atoms. The zero-order valence-electron chi connectivity index (χ0n) is 9.80. The number of rotatable bonds is 2. The van der Waals surface area contributed by atoms with Gasteiger partial charge in [0, 0.05) is 17.1 Å². The first-order valence-corrected chi connectivity index (χ1v) is 5.10. The van der Waals surface area contributed by atoms with Gasteiger partial charge in [0.15, 0.2) is 5.69 Å². The van der Waals surface area contributed by atoms with E-state index >= 15 is 0 Å². The second-order valence-electron chi connectivity index (χ2n) is 3.84. The van der Waals surface area contributed by atoms with E-state index in [0.717, 1.165) is 11.4 Å². The van der Waals surface area contributed by atoms with E-state index < -0.39 is 5.97 Å². The van der Waals surface area contributed by atoms with Gasteiger partial charge in [0.05, 0.1) is 0 Å². The van der Waals surface area contributed by atoms with Gasteiger partial charge in [-0.2, -0.15) is 5.10 Å². The summed E-state index contributed by atoms with van der Waals surface area (Å²) in [7, 11) is 0. The molecule has 0 atom stereocenters. The number of carboxylic acid groups (broad SMARTS) is 1. The lowest BCUT2D eigenvalue weighted by Crippen LogP contribution is -2.08. The summed E-state index contributed by atoms with van der Waals surface area (Å²) >= 11 is 0. The molecule has 17 heavy (non-hydrogen) atoms. The standard InChI is InChI=1S/C11H12N4O2/c1-6-4-7(2)13-11(12-6)15-8(3)5-9(14-15)10(16)17/h4-5H,1-3H3,(H,16,17). The Morgan fingerprint density at radius 2 is 1.76 bits per heavy atom. The topological polar surface area (TPSA) is 80.9 Å². The van der Waals surface area contributed by atoms with Crippen LogP contribution in [0.4, 0.5) is 0 Å². The second-order valence-corrected chi connectivity index (χ2v) is 3.84. The van der Waals surface area contributed by atoms with Crippen LogP contribution in [0.3, 0.4) is 0 Å². The minimum absolute atomic E-state index is 0.00902. The average molecular weight is 232 g/mol. The fourth-order valence-corrected chi connectivity index (χ4v) is 1.58. The highest BCUT2D eigenvalue weighted by molar-refractivity contribution is 5.85. The summed E-state index contributed by atoms with van der Waals surface area (Å²) in [6, 6.07) is 3.34. The Balaban J connectivity index is 2.56. The molecule has 6 heteroatoms. The van der Waals surface area contributed by atoms with Crippen molar-refractivity contribution >= 4 is 5.97 Å². The minimum atomic E-state index is -1.06. The monoisotopic (exact) mass is 232 g/mol. The van der Waals surface area contributed by atoms with Gasteiger partial charge in [-0.15, -0.1) is 0 Å². The van der Waals surface area contributed by atoms with Crippen LogP contribution in [0.25, 0.3) is 5.95 Å². The molecule has 0 saturated carbocycles. The number of carboxylic acids is 1. The predicted octanol–water partition coefficient (Wildman–Crippen LogP) is 1.29. The molecular weight excluding hydrogens is 220 g/mol. The summed E-state index contributed by atoms with van der Waals surface area (Å²) in [6.45, 7) is 5.48. The van der Waals surface area contributed by atoms with Crippen molar-refractivity contribution in [2.75, 3.05) is 0 Å². The van der Waals surface area contributed by atoms with E-state index in [1.807, 2.05) is 19.9 Å². The Morgan fingerprint density at radius 1 is 1.18 bits per heavy atom. The van der Waals surface area contributed by atoms with Crippen LogP contribution in [-0.2, 0) is 0 Å². The van der Waals surface area contributed by atoms with Gasteiger partial charge in [-0.1, -0.05) is 0 Å². The summed E-state index contributed by atoms with van der Waals surface area (Å²) in [4.78, 5) is 19.3. The fraction of sp³-hybridized carbons (Fsp3) is 0.273. The number of nitrogens with zero attached hydrogens (tertiary/aromatic N) is 4. The first-order valence-electron chi connectivity index (χ1n) is 5.10. The van der Waals surface area contributed by atoms with Gasteiger partial charge >= 0.3 is 5.97 Å². The molecule has 0 aromatic carbocycles. The Morgan fingerprint density at radius 3 is 2.24 bits per heavy atom. The van der Waals surface area contributed by atoms with Gasteiger partial charge < -0.3 is 5.11 Å². The fourth-order valence-electron chi connectivity index (χ4n) is 1.58. The van der Waals surface area contributed by atoms with Crippen molar-refractivity contribution in [2.45, 2.75) is 20.8 Å². The molecule has 0 fully saturated rings. The maximum atomic E-state index is 10.8. The minimum Gasteiger partial charge on any atom is -0.476 e. The smallest absolute Gasteiger partial charge is 0.356 e. The van der Waals surface area contributed by atoms with Crippen molar-refractivity contribution in [3.05, 3.63) is 34.9 Å². The highest BCUT2D eigenvalue weighted by atomic mass is 16.4. The normalized spacial score (nSPS) is 10.5. The Kier molecular flexibility index (Phi) is 2.63. The van der Waals surface area contributed by atoms with Crippen LogP contribution in [0.1, 0.15) is 27.6 Å². The highest BCUT2D eigenvalue weighted by Crippen LogP contribution is 2.09. The molecule has 0 saturated heterocycles. The Labute approximate surface area is 98.0 Å². The lowest BCUT2D eigenvalue weighted by molar-refractivity contribution is 0.0690. The zero-order chi connectivity index (χ0) is 12.6. The molecule has 88 valence electrons. The van der Waals surface area contributed by atoms with Crippen molar-refractivity contribution in [2.24, 2.45) is 0 Å². The maximum Gasteiger partial charge on any atom is 0.356 e. The Hall–Kier alpha value is -2.24. The molecule has 0 amide bonds. The van der Waals surface area contributed by atoms with Gasteiger partial charge in [-0.3, -0.25) is 0 Å². The average Bonchev–Trinajstić information content (AvgIpc) is 2.59. The summed E-state index contributed by atoms with van der Waals surface area (Å²) in [5.74, 6) is -0.663. The lowest BCUT2D eigenvalue weighted by atomic mass is 10.3. The van der Waals surface area contributed by atoms with Crippen LogP contribution in [0.5, 0.6) is 0 Å². The van der Waals surface area contributed by atoms with E-state index in [1.165, 1.54) is 10.7 Å². The molecule has 2 aromatic rings. The molecule has 0 aliphatic carbocycles. The SMILES string of the molecule is Cc1cc(C)nc(-n2nc(C(=O)O)cc2C)n1. The van der Waals surface area contributed by atoms with E-state index in [-0.39, 0.29) is 5.69 Å². The van der Waals surface area contributed by atoms with Crippen molar-refractivity contribution < 1.29 is 9.90 Å². The van der Waals surface area contributed by atoms with Gasteiger partial charge in [0.2, 0.25) is 0 Å². The molecule has 2 aromatic heterocycles. The van der Waals surface area contributed by atoms with E-state index in [9.17, 15) is 4.79 Å². The summed E-state index contributed by atoms with van der Waals surface area (Å²) in [5, 5.41) is 12.8. The number of aromatic nitrogens is 4. The highest BCUT2D eigenvalue weighted by Gasteiger charge is 2.13. The van der Waals surface area contributed by atoms with E-state index in [2.05, 4.69) is 15.1 Å². The summed E-state index contributed by atoms with van der Waals surface area (Å²) in [5.41, 5.74) is 2.32. The predicted molar refractivity (Wildman–Crippen MR) is 60.3 cm³/mol. The number of aromatic carboxylic acids is 1. The molecule has 2 heterocycles. The second kappa shape index (κ2) is 3.97. The van der Waals surface area contributed by atoms with E-state index in [4.69, 9.17) is 5.11 Å². The molecule has 1 N–H and O–H groups in total. The van der Waals surface area contributed by atoms with Crippen LogP contribution < -0.4 is 0 Å². The van der Waals surface area contributed by atoms with E-state index in [1.54, 1.807) is 6.92 Å². The zero-order valence-corrected chi connectivity index (χ0v) is 9.80. The van der Waals surface area contributed by atoms with Crippen LogP contribution >= 0.6 is 0 Å². The van der Waals surface area contributed by atoms with Gasteiger partial charge in [-0.05, 0) is 32.9 Å². The van der Waals surface area contributed by atoms with Gasteiger partial charge in [0.1, 0.15) is 0 Å². The molecule has 6 nitrogen and oxygen atoms in total. The van der Waals surface area contributed by atoms with Crippen molar-refractivity contribution in [1.29, 1.82) is 0 Å². The molecule has 0 unspecified atom stereocenters. The third kappa shape index (κ3) is 2.15. The molecule has 2 rings (SSSR count). The molecule has 0 aliphatic heterocycles. The first kappa shape index (κ1) is 11.3. The third-order valence-corrected chi connectivity index (χ3v) is 2.27. The van der Waals surface area contributed by atoms with Gasteiger partial charge in [0.25, 0.3) is 5.95 Å². The third-order valence-electron chi connectivity index (χ3n) is 2.27. The van der Waals surface area contributed by atoms with Crippen molar-refractivity contribution in [1.82, 2.24) is 19.7 Å².